The molecule has 0 radical (unpaired) electrons. The van der Waals surface area contributed by atoms with Gasteiger partial charge in [0.2, 0.25) is 15.9 Å². The Bertz CT molecular complexity index is 945. The van der Waals surface area contributed by atoms with E-state index in [1.807, 2.05) is 0 Å². The lowest BCUT2D eigenvalue weighted by Gasteiger charge is -2.29. The first-order chi connectivity index (χ1) is 13.3. The summed E-state index contributed by atoms with van der Waals surface area (Å²) in [4.78, 5) is 12.7. The van der Waals surface area contributed by atoms with Gasteiger partial charge in [-0.05, 0) is 55.7 Å². The average molecular weight is 462 g/mol. The first-order valence-corrected chi connectivity index (χ1v) is 11.4. The van der Waals surface area contributed by atoms with Gasteiger partial charge in [0.15, 0.2) is 0 Å². The summed E-state index contributed by atoms with van der Waals surface area (Å²) in [6.45, 7) is 0.415. The molecule has 1 aliphatic heterocycles. The molecule has 2 aromatic rings. The van der Waals surface area contributed by atoms with Crippen LogP contribution >= 0.6 is 34.8 Å². The fourth-order valence-corrected chi connectivity index (χ4v) is 5.37. The Kier molecular flexibility index (Phi) is 6.89. The molecule has 0 aromatic heterocycles. The highest BCUT2D eigenvalue weighted by molar-refractivity contribution is 7.89. The van der Waals surface area contributed by atoms with E-state index in [1.54, 1.807) is 18.2 Å². The van der Waals surface area contributed by atoms with E-state index in [0.717, 1.165) is 12.8 Å². The molecular formula is C19H19Cl3N2O3S. The third kappa shape index (κ3) is 4.63. The highest BCUT2D eigenvalue weighted by Gasteiger charge is 2.37. The van der Waals surface area contributed by atoms with Crippen LogP contribution < -0.4 is 5.32 Å². The lowest BCUT2D eigenvalue weighted by atomic mass is 10.1. The Hall–Kier alpha value is -1.31. The molecule has 3 rings (SSSR count). The van der Waals surface area contributed by atoms with Crippen LogP contribution in [0.3, 0.4) is 0 Å². The summed E-state index contributed by atoms with van der Waals surface area (Å²) in [5, 5.41) is 3.90. The largest absolute Gasteiger partial charge is 0.355 e. The van der Waals surface area contributed by atoms with E-state index < -0.39 is 16.1 Å². The number of nitrogens with zero attached hydrogens (tertiary/aromatic N) is 1. The molecule has 5 nitrogen and oxygen atoms in total. The monoisotopic (exact) mass is 460 g/mol. The van der Waals surface area contributed by atoms with Gasteiger partial charge in [0.05, 0.1) is 4.90 Å². The van der Waals surface area contributed by atoms with Crippen LogP contribution in [0.1, 0.15) is 24.8 Å². The predicted molar refractivity (Wildman–Crippen MR) is 111 cm³/mol. The standard InChI is InChI=1S/C19H19Cl3N2O3S/c20-13-7-9-14(10-8-13)28(26,27)24(18-6-1-2-11-23-19(18)25)12-15-16(21)4-3-5-17(15)22/h3-5,7-10,18H,1-2,6,11-12H2,(H,23,25). The second kappa shape index (κ2) is 9.01. The minimum atomic E-state index is -4.00. The molecule has 1 saturated heterocycles. The van der Waals surface area contributed by atoms with E-state index in [-0.39, 0.29) is 17.3 Å². The summed E-state index contributed by atoms with van der Waals surface area (Å²) in [5.41, 5.74) is 0.459. The number of hydrogen-bond acceptors (Lipinski definition) is 3. The van der Waals surface area contributed by atoms with Crippen molar-refractivity contribution in [3.05, 3.63) is 63.1 Å². The molecule has 150 valence electrons. The van der Waals surface area contributed by atoms with E-state index in [9.17, 15) is 13.2 Å². The molecule has 1 aliphatic rings. The van der Waals surface area contributed by atoms with Gasteiger partial charge in [0.25, 0.3) is 0 Å². The maximum atomic E-state index is 13.4. The normalized spacial score (nSPS) is 18.0. The van der Waals surface area contributed by atoms with Gasteiger partial charge < -0.3 is 5.32 Å². The molecule has 1 unspecified atom stereocenters. The van der Waals surface area contributed by atoms with Gasteiger partial charge >= 0.3 is 0 Å². The van der Waals surface area contributed by atoms with Crippen molar-refractivity contribution in [3.63, 3.8) is 0 Å². The summed E-state index contributed by atoms with van der Waals surface area (Å²) in [6, 6.07) is 9.97. The van der Waals surface area contributed by atoms with Gasteiger partial charge in [0.1, 0.15) is 6.04 Å². The van der Waals surface area contributed by atoms with Crippen molar-refractivity contribution in [1.82, 2.24) is 9.62 Å². The second-order valence-corrected chi connectivity index (χ2v) is 9.65. The minimum Gasteiger partial charge on any atom is -0.355 e. The Morgan fingerprint density at radius 2 is 1.64 bits per heavy atom. The van der Waals surface area contributed by atoms with Crippen molar-refractivity contribution in [2.24, 2.45) is 0 Å². The molecule has 0 aliphatic carbocycles. The average Bonchev–Trinajstić information content (AvgIpc) is 2.86. The van der Waals surface area contributed by atoms with E-state index in [4.69, 9.17) is 34.8 Å². The number of carbonyl (C=O) groups is 1. The molecule has 1 fully saturated rings. The Labute approximate surface area is 179 Å². The van der Waals surface area contributed by atoms with Crippen molar-refractivity contribution < 1.29 is 13.2 Å². The van der Waals surface area contributed by atoms with Crippen LogP contribution in [-0.2, 0) is 21.4 Å². The first-order valence-electron chi connectivity index (χ1n) is 8.78. The highest BCUT2D eigenvalue weighted by atomic mass is 35.5. The molecule has 0 spiro atoms. The van der Waals surface area contributed by atoms with Crippen molar-refractivity contribution in [1.29, 1.82) is 0 Å². The molecule has 1 N–H and O–H groups in total. The smallest absolute Gasteiger partial charge is 0.244 e. The van der Waals surface area contributed by atoms with E-state index in [1.165, 1.54) is 28.6 Å². The van der Waals surface area contributed by atoms with Crippen LogP contribution in [0.4, 0.5) is 0 Å². The Morgan fingerprint density at radius 1 is 1.00 bits per heavy atom. The van der Waals surface area contributed by atoms with Gasteiger partial charge in [-0.25, -0.2) is 8.42 Å². The number of nitrogens with one attached hydrogen (secondary N) is 1. The number of amides is 1. The van der Waals surface area contributed by atoms with E-state index >= 15 is 0 Å². The second-order valence-electron chi connectivity index (χ2n) is 6.51. The minimum absolute atomic E-state index is 0.0529. The van der Waals surface area contributed by atoms with Crippen molar-refractivity contribution in [3.8, 4) is 0 Å². The van der Waals surface area contributed by atoms with Crippen LogP contribution in [0.15, 0.2) is 47.4 Å². The van der Waals surface area contributed by atoms with Crippen LogP contribution in [0.25, 0.3) is 0 Å². The number of hydrogen-bond donors (Lipinski definition) is 1. The van der Waals surface area contributed by atoms with E-state index in [2.05, 4.69) is 5.32 Å². The van der Waals surface area contributed by atoms with Gasteiger partial charge in [0, 0.05) is 33.7 Å². The third-order valence-electron chi connectivity index (χ3n) is 4.65. The maximum absolute atomic E-state index is 13.4. The summed E-state index contributed by atoms with van der Waals surface area (Å²) in [7, 11) is -4.00. The first kappa shape index (κ1) is 21.4. The number of benzene rings is 2. The SMILES string of the molecule is O=C1NCCCCC1N(Cc1c(Cl)cccc1Cl)S(=O)(=O)c1ccc(Cl)cc1. The fourth-order valence-electron chi connectivity index (χ4n) is 3.14. The zero-order valence-corrected chi connectivity index (χ0v) is 18.0. The number of carbonyl (C=O) groups excluding carboxylic acids is 1. The Morgan fingerprint density at radius 3 is 2.29 bits per heavy atom. The topological polar surface area (TPSA) is 66.5 Å². The quantitative estimate of drug-likeness (QED) is 0.712. The van der Waals surface area contributed by atoms with Gasteiger partial charge in [-0.3, -0.25) is 4.79 Å². The lowest BCUT2D eigenvalue weighted by Crippen LogP contribution is -2.48. The zero-order chi connectivity index (χ0) is 20.3. The van der Waals surface area contributed by atoms with Crippen LogP contribution in [-0.4, -0.2) is 31.2 Å². The number of rotatable bonds is 5. The molecule has 1 atom stereocenters. The van der Waals surface area contributed by atoms with Crippen LogP contribution in [0.2, 0.25) is 15.1 Å². The molecule has 0 bridgehead atoms. The summed E-state index contributed by atoms with van der Waals surface area (Å²) >= 11 is 18.4. The number of halogens is 3. The Balaban J connectivity index is 2.08. The molecule has 0 saturated carbocycles. The molecule has 1 amide bonds. The summed E-state index contributed by atoms with van der Waals surface area (Å²) in [6.07, 6.45) is 1.94. The molecule has 9 heteroatoms. The highest BCUT2D eigenvalue weighted by Crippen LogP contribution is 2.31. The van der Waals surface area contributed by atoms with Crippen LogP contribution in [0.5, 0.6) is 0 Å². The maximum Gasteiger partial charge on any atom is 0.244 e. The fraction of sp³-hybridized carbons (Fsp3) is 0.316. The van der Waals surface area contributed by atoms with Gasteiger partial charge in [-0.2, -0.15) is 4.31 Å². The van der Waals surface area contributed by atoms with Gasteiger partial charge in [-0.15, -0.1) is 0 Å². The van der Waals surface area contributed by atoms with Crippen molar-refractivity contribution in [2.75, 3.05) is 6.54 Å². The molecular weight excluding hydrogens is 443 g/mol. The molecule has 1 heterocycles. The van der Waals surface area contributed by atoms with E-state index in [0.29, 0.717) is 33.6 Å². The summed E-state index contributed by atoms with van der Waals surface area (Å²) in [5.74, 6) is -0.321. The van der Waals surface area contributed by atoms with Crippen molar-refractivity contribution in [2.45, 2.75) is 36.7 Å². The van der Waals surface area contributed by atoms with Crippen LogP contribution in [0, 0.1) is 0 Å². The summed E-state index contributed by atoms with van der Waals surface area (Å²) < 4.78 is 28.1. The number of sulfonamides is 1. The lowest BCUT2D eigenvalue weighted by molar-refractivity contribution is -0.124. The molecule has 2 aromatic carbocycles. The van der Waals surface area contributed by atoms with Crippen molar-refractivity contribution >= 4 is 50.7 Å². The zero-order valence-electron chi connectivity index (χ0n) is 14.9. The molecule has 28 heavy (non-hydrogen) atoms. The third-order valence-corrected chi connectivity index (χ3v) is 7.48. The predicted octanol–water partition coefficient (Wildman–Crippen LogP) is 4.51. The van der Waals surface area contributed by atoms with Gasteiger partial charge in [-0.1, -0.05) is 40.9 Å².